The first-order valence-corrected chi connectivity index (χ1v) is 10.1. The fraction of sp³-hybridized carbons (Fsp3) is 0.429. The predicted octanol–water partition coefficient (Wildman–Crippen LogP) is 2.18. The van der Waals surface area contributed by atoms with E-state index in [-0.39, 0.29) is 0 Å². The number of imidazole rings is 1. The zero-order chi connectivity index (χ0) is 20.9. The van der Waals surface area contributed by atoms with Gasteiger partial charge in [-0.25, -0.2) is 15.0 Å². The minimum atomic E-state index is -0.490. The van der Waals surface area contributed by atoms with Gasteiger partial charge in [0.2, 0.25) is 0 Å². The van der Waals surface area contributed by atoms with Crippen molar-refractivity contribution in [2.24, 2.45) is 0 Å². The van der Waals surface area contributed by atoms with Crippen LogP contribution in [0.25, 0.3) is 22.6 Å². The standard InChI is InChI=1S/C21H25N7O2/c1-21(2)20-24-16-18(27-5-8-29-9-6-27)25-17(26-19(16)28(20)7-10-30-21)13-3-4-15(23)14(11-13)12-22/h3-4,11-12,22H,5-10,23H2,1-2H3. The highest BCUT2D eigenvalue weighted by molar-refractivity contribution is 5.89. The molecule has 3 aromatic rings. The van der Waals surface area contributed by atoms with Crippen molar-refractivity contribution >= 4 is 28.9 Å². The number of nitrogen functional groups attached to an aromatic ring is 1. The van der Waals surface area contributed by atoms with Gasteiger partial charge in [-0.2, -0.15) is 0 Å². The summed E-state index contributed by atoms with van der Waals surface area (Å²) in [5.41, 5.74) is 9.11. The summed E-state index contributed by atoms with van der Waals surface area (Å²) in [7, 11) is 0. The van der Waals surface area contributed by atoms with Crippen molar-refractivity contribution in [3.05, 3.63) is 29.6 Å². The van der Waals surface area contributed by atoms with E-state index in [0.717, 1.165) is 41.5 Å². The Morgan fingerprint density at radius 1 is 1.10 bits per heavy atom. The van der Waals surface area contributed by atoms with E-state index < -0.39 is 5.60 Å². The number of nitrogens with two attached hydrogens (primary N) is 1. The fourth-order valence-electron chi connectivity index (χ4n) is 4.08. The van der Waals surface area contributed by atoms with Gasteiger partial charge in [0.05, 0.1) is 19.8 Å². The van der Waals surface area contributed by atoms with Crippen LogP contribution in [0.3, 0.4) is 0 Å². The van der Waals surface area contributed by atoms with Crippen LogP contribution in [-0.2, 0) is 21.6 Å². The molecule has 0 radical (unpaired) electrons. The van der Waals surface area contributed by atoms with Gasteiger partial charge >= 0.3 is 0 Å². The van der Waals surface area contributed by atoms with Gasteiger partial charge in [-0.3, -0.25) is 0 Å². The Hall–Kier alpha value is -3.04. The molecule has 0 aliphatic carbocycles. The van der Waals surface area contributed by atoms with E-state index in [1.54, 1.807) is 6.07 Å². The van der Waals surface area contributed by atoms with Gasteiger partial charge in [-0.15, -0.1) is 0 Å². The molecule has 9 nitrogen and oxygen atoms in total. The monoisotopic (exact) mass is 407 g/mol. The number of anilines is 2. The highest BCUT2D eigenvalue weighted by atomic mass is 16.5. The molecule has 2 aliphatic rings. The van der Waals surface area contributed by atoms with Crippen molar-refractivity contribution in [1.82, 2.24) is 19.5 Å². The second kappa shape index (κ2) is 7.03. The molecule has 0 amide bonds. The van der Waals surface area contributed by atoms with Gasteiger partial charge in [0.15, 0.2) is 22.8 Å². The Morgan fingerprint density at radius 3 is 2.67 bits per heavy atom. The molecule has 2 aliphatic heterocycles. The lowest BCUT2D eigenvalue weighted by atomic mass is 10.1. The summed E-state index contributed by atoms with van der Waals surface area (Å²) in [6, 6.07) is 5.54. The second-order valence-electron chi connectivity index (χ2n) is 8.08. The van der Waals surface area contributed by atoms with Gasteiger partial charge < -0.3 is 30.1 Å². The van der Waals surface area contributed by atoms with Crippen LogP contribution in [-0.4, -0.2) is 58.6 Å². The first-order chi connectivity index (χ1) is 14.5. The van der Waals surface area contributed by atoms with E-state index in [0.29, 0.717) is 43.4 Å². The summed E-state index contributed by atoms with van der Waals surface area (Å²) in [4.78, 5) is 17.0. The van der Waals surface area contributed by atoms with Gasteiger partial charge in [-0.05, 0) is 32.0 Å². The summed E-state index contributed by atoms with van der Waals surface area (Å²) in [5.74, 6) is 2.27. The lowest BCUT2D eigenvalue weighted by molar-refractivity contribution is -0.0530. The highest BCUT2D eigenvalue weighted by Crippen LogP contribution is 2.35. The number of hydrogen-bond acceptors (Lipinski definition) is 8. The normalized spacial score (nSPS) is 18.4. The first kappa shape index (κ1) is 19.0. The predicted molar refractivity (Wildman–Crippen MR) is 115 cm³/mol. The minimum absolute atomic E-state index is 0.490. The Bertz CT molecular complexity index is 1130. The van der Waals surface area contributed by atoms with Crippen molar-refractivity contribution in [1.29, 1.82) is 5.41 Å². The number of nitrogens with one attached hydrogen (secondary N) is 1. The van der Waals surface area contributed by atoms with Crippen LogP contribution in [0.4, 0.5) is 11.5 Å². The van der Waals surface area contributed by atoms with Gasteiger partial charge in [0.25, 0.3) is 0 Å². The number of benzene rings is 1. The molecule has 1 saturated heterocycles. The average molecular weight is 407 g/mol. The minimum Gasteiger partial charge on any atom is -0.398 e. The van der Waals surface area contributed by atoms with Crippen LogP contribution < -0.4 is 10.6 Å². The maximum Gasteiger partial charge on any atom is 0.166 e. The van der Waals surface area contributed by atoms with Gasteiger partial charge in [0, 0.05) is 42.7 Å². The van der Waals surface area contributed by atoms with E-state index in [2.05, 4.69) is 9.47 Å². The molecule has 30 heavy (non-hydrogen) atoms. The molecule has 3 N–H and O–H groups in total. The van der Waals surface area contributed by atoms with Crippen LogP contribution >= 0.6 is 0 Å². The quantitative estimate of drug-likeness (QED) is 0.505. The number of rotatable bonds is 3. The summed E-state index contributed by atoms with van der Waals surface area (Å²) < 4.78 is 13.6. The molecule has 5 rings (SSSR count). The molecule has 4 heterocycles. The Labute approximate surface area is 174 Å². The van der Waals surface area contributed by atoms with Crippen LogP contribution in [0, 0.1) is 5.41 Å². The smallest absolute Gasteiger partial charge is 0.166 e. The third-order valence-corrected chi connectivity index (χ3v) is 5.70. The Kier molecular flexibility index (Phi) is 4.44. The molecule has 0 unspecified atom stereocenters. The first-order valence-electron chi connectivity index (χ1n) is 10.1. The summed E-state index contributed by atoms with van der Waals surface area (Å²) >= 11 is 0. The molecule has 0 saturated carbocycles. The number of hydrogen-bond donors (Lipinski definition) is 2. The second-order valence-corrected chi connectivity index (χ2v) is 8.08. The van der Waals surface area contributed by atoms with Crippen molar-refractivity contribution in [3.63, 3.8) is 0 Å². The number of morpholine rings is 1. The number of ether oxygens (including phenoxy) is 2. The zero-order valence-electron chi connectivity index (χ0n) is 17.2. The molecule has 0 spiro atoms. The van der Waals surface area contributed by atoms with E-state index in [9.17, 15) is 0 Å². The molecule has 9 heteroatoms. The van der Waals surface area contributed by atoms with Gasteiger partial charge in [-0.1, -0.05) is 0 Å². The summed E-state index contributed by atoms with van der Waals surface area (Å²) in [6.07, 6.45) is 1.25. The molecule has 2 aromatic heterocycles. The lowest BCUT2D eigenvalue weighted by Crippen LogP contribution is -2.37. The molecule has 0 bridgehead atoms. The number of aromatic nitrogens is 4. The van der Waals surface area contributed by atoms with Crippen LogP contribution in [0.2, 0.25) is 0 Å². The van der Waals surface area contributed by atoms with Crippen LogP contribution in [0.15, 0.2) is 18.2 Å². The number of nitrogens with zero attached hydrogens (tertiary/aromatic N) is 5. The van der Waals surface area contributed by atoms with Crippen molar-refractivity contribution in [2.75, 3.05) is 43.5 Å². The average Bonchev–Trinajstić information content (AvgIpc) is 3.14. The lowest BCUT2D eigenvalue weighted by Gasteiger charge is -2.30. The Balaban J connectivity index is 1.75. The maximum absolute atomic E-state index is 7.63. The molecule has 1 aromatic carbocycles. The molecule has 0 atom stereocenters. The van der Waals surface area contributed by atoms with Crippen molar-refractivity contribution in [3.8, 4) is 11.4 Å². The zero-order valence-corrected chi connectivity index (χ0v) is 17.2. The van der Waals surface area contributed by atoms with E-state index in [1.807, 2.05) is 26.0 Å². The van der Waals surface area contributed by atoms with Crippen molar-refractivity contribution in [2.45, 2.75) is 26.0 Å². The SMILES string of the molecule is CC1(C)OCCn2c1nc1c(N3CCOCC3)nc(-c3ccc(N)c(C=N)c3)nc12. The third kappa shape index (κ3) is 3.01. The van der Waals surface area contributed by atoms with E-state index in [1.165, 1.54) is 6.21 Å². The topological polar surface area (TPSA) is 115 Å². The highest BCUT2D eigenvalue weighted by Gasteiger charge is 2.34. The largest absolute Gasteiger partial charge is 0.398 e. The van der Waals surface area contributed by atoms with E-state index >= 15 is 0 Å². The molecular weight excluding hydrogens is 382 g/mol. The number of fused-ring (bicyclic) bond motifs is 3. The van der Waals surface area contributed by atoms with Crippen LogP contribution in [0.1, 0.15) is 25.2 Å². The molecule has 156 valence electrons. The Morgan fingerprint density at radius 2 is 1.90 bits per heavy atom. The summed E-state index contributed by atoms with van der Waals surface area (Å²) in [5, 5.41) is 7.63. The van der Waals surface area contributed by atoms with Gasteiger partial charge in [0.1, 0.15) is 11.4 Å². The third-order valence-electron chi connectivity index (χ3n) is 5.70. The van der Waals surface area contributed by atoms with Crippen LogP contribution in [0.5, 0.6) is 0 Å². The summed E-state index contributed by atoms with van der Waals surface area (Å²) in [6.45, 7) is 8.18. The van der Waals surface area contributed by atoms with E-state index in [4.69, 9.17) is 35.6 Å². The molecular formula is C21H25N7O2. The molecule has 1 fully saturated rings. The maximum atomic E-state index is 7.63. The fourth-order valence-corrected chi connectivity index (χ4v) is 4.08. The van der Waals surface area contributed by atoms with Crippen molar-refractivity contribution < 1.29 is 9.47 Å².